The lowest BCUT2D eigenvalue weighted by molar-refractivity contribution is -0.375. The second kappa shape index (κ2) is 21.8. The minimum absolute atomic E-state index is 0.130. The van der Waals surface area contributed by atoms with Crippen molar-refractivity contribution in [3.05, 3.63) is 0 Å². The maximum absolute atomic E-state index is 12.6. The summed E-state index contributed by atoms with van der Waals surface area (Å²) in [7, 11) is 1.34. The highest BCUT2D eigenvalue weighted by Gasteiger charge is 2.55. The number of amides is 1. The molecule has 0 radical (unpaired) electrons. The van der Waals surface area contributed by atoms with E-state index in [9.17, 15) is 55.2 Å². The molecular formula is C33H57NO19. The molecule has 0 bridgehead atoms. The number of carbonyl (C=O) groups excluding carboxylic acids is 2. The molecule has 3 fully saturated rings. The summed E-state index contributed by atoms with van der Waals surface area (Å²) in [5.74, 6) is -2.25. The smallest absolute Gasteiger partial charge is 0.332 e. The molecule has 308 valence electrons. The van der Waals surface area contributed by atoms with E-state index >= 15 is 0 Å². The number of aliphatic carboxylic acids is 1. The number of aliphatic hydroxyl groups excluding tert-OH is 7. The first-order valence-corrected chi connectivity index (χ1v) is 17.9. The van der Waals surface area contributed by atoms with Gasteiger partial charge in [-0.1, -0.05) is 25.7 Å². The van der Waals surface area contributed by atoms with E-state index in [1.165, 1.54) is 21.0 Å². The first kappa shape index (κ1) is 45.2. The van der Waals surface area contributed by atoms with E-state index in [-0.39, 0.29) is 12.6 Å². The van der Waals surface area contributed by atoms with Crippen LogP contribution in [0.1, 0.15) is 65.7 Å². The number of rotatable bonds is 20. The van der Waals surface area contributed by atoms with E-state index in [0.717, 1.165) is 32.6 Å². The number of carbonyl (C=O) groups is 3. The number of ether oxygens (including phenoxy) is 8. The van der Waals surface area contributed by atoms with Crippen LogP contribution < -0.4 is 5.32 Å². The minimum atomic E-state index is -1.89. The molecule has 3 aliphatic rings. The van der Waals surface area contributed by atoms with Gasteiger partial charge in [0.25, 0.3) is 0 Å². The van der Waals surface area contributed by atoms with Gasteiger partial charge in [-0.2, -0.15) is 0 Å². The normalized spacial score (nSPS) is 38.2. The van der Waals surface area contributed by atoms with Crippen molar-refractivity contribution in [2.75, 3.05) is 26.9 Å². The maximum Gasteiger partial charge on any atom is 0.332 e. The first-order valence-electron chi connectivity index (χ1n) is 17.9. The molecule has 3 saturated heterocycles. The van der Waals surface area contributed by atoms with Crippen LogP contribution in [-0.2, 0) is 52.3 Å². The van der Waals surface area contributed by atoms with Crippen molar-refractivity contribution >= 4 is 17.8 Å². The van der Waals surface area contributed by atoms with Gasteiger partial charge in [-0.3, -0.25) is 9.59 Å². The predicted molar refractivity (Wildman–Crippen MR) is 175 cm³/mol. The van der Waals surface area contributed by atoms with Crippen molar-refractivity contribution in [3.63, 3.8) is 0 Å². The number of esters is 1. The van der Waals surface area contributed by atoms with Crippen molar-refractivity contribution < 1.29 is 93.1 Å². The number of aliphatic hydroxyl groups is 7. The summed E-state index contributed by atoms with van der Waals surface area (Å²) in [4.78, 5) is 35.4. The Morgan fingerprint density at radius 3 is 1.91 bits per heavy atom. The van der Waals surface area contributed by atoms with E-state index in [2.05, 4.69) is 10.1 Å². The third kappa shape index (κ3) is 12.4. The molecule has 0 aromatic heterocycles. The average Bonchev–Trinajstić information content (AvgIpc) is 3.12. The van der Waals surface area contributed by atoms with Crippen LogP contribution in [0.4, 0.5) is 0 Å². The average molecular weight is 772 g/mol. The molecule has 3 rings (SSSR count). The quantitative estimate of drug-likeness (QED) is 0.0441. The second-order valence-corrected chi connectivity index (χ2v) is 13.4. The van der Waals surface area contributed by atoms with Crippen LogP contribution in [-0.4, -0.2) is 184 Å². The molecule has 0 aromatic carbocycles. The van der Waals surface area contributed by atoms with E-state index in [4.69, 9.17) is 33.2 Å². The van der Waals surface area contributed by atoms with Crippen LogP contribution in [0.5, 0.6) is 0 Å². The lowest BCUT2D eigenvalue weighted by atomic mass is 9.94. The van der Waals surface area contributed by atoms with Gasteiger partial charge < -0.3 is 84.1 Å². The molecule has 0 aromatic rings. The molecule has 1 amide bonds. The monoisotopic (exact) mass is 771 g/mol. The summed E-state index contributed by atoms with van der Waals surface area (Å²) >= 11 is 0. The lowest BCUT2D eigenvalue weighted by Crippen LogP contribution is -2.70. The summed E-state index contributed by atoms with van der Waals surface area (Å²) < 4.78 is 45.7. The highest BCUT2D eigenvalue weighted by atomic mass is 16.8. The van der Waals surface area contributed by atoms with Crippen molar-refractivity contribution in [2.45, 2.75) is 164 Å². The summed E-state index contributed by atoms with van der Waals surface area (Å²) in [6.07, 6.45) is -18.4. The van der Waals surface area contributed by atoms with Gasteiger partial charge in [-0.05, 0) is 26.7 Å². The van der Waals surface area contributed by atoms with Gasteiger partial charge in [0.05, 0.1) is 26.4 Å². The Morgan fingerprint density at radius 2 is 1.30 bits per heavy atom. The lowest BCUT2D eigenvalue weighted by Gasteiger charge is -2.50. The van der Waals surface area contributed by atoms with E-state index in [0.29, 0.717) is 19.3 Å². The zero-order valence-electron chi connectivity index (χ0n) is 30.4. The standard InChI is InChI=1S/C33H57NO19/c1-15-22(39)24(41)25(42)32(49-15)53-28-21(34-17(3)37)31(47-12-10-8-6-5-7-9-11-20(38)46-4)51-19(14-36)27(28)52-33-26(43)29(48-16(2)30(44)45)23(40)18(13-35)50-33/h15-16,18-19,21-29,31-33,35-36,39-43H,5-14H2,1-4H3,(H,34,37)(H,44,45)/t15-,16+,18+,19+,21+,22+,23-,24+,25-,26+,27+,28+,29-,31+,32-,33-/m0/s1. The Balaban J connectivity index is 1.86. The van der Waals surface area contributed by atoms with Crippen LogP contribution in [0.15, 0.2) is 0 Å². The highest BCUT2D eigenvalue weighted by molar-refractivity contribution is 5.73. The van der Waals surface area contributed by atoms with E-state index in [1.54, 1.807) is 0 Å². The number of hydrogen-bond acceptors (Lipinski definition) is 18. The molecule has 16 atom stereocenters. The molecule has 53 heavy (non-hydrogen) atoms. The number of methoxy groups -OCH3 is 1. The fraction of sp³-hybridized carbons (Fsp3) is 0.909. The Kier molecular flexibility index (Phi) is 18.6. The largest absolute Gasteiger partial charge is 0.479 e. The number of carboxylic acid groups (broad SMARTS) is 1. The summed E-state index contributed by atoms with van der Waals surface area (Å²) in [5.41, 5.74) is 0. The van der Waals surface area contributed by atoms with Gasteiger partial charge in [0.1, 0.15) is 67.1 Å². The molecule has 20 nitrogen and oxygen atoms in total. The van der Waals surface area contributed by atoms with Gasteiger partial charge in [0.15, 0.2) is 25.0 Å². The maximum atomic E-state index is 12.6. The Hall–Kier alpha value is -2.15. The van der Waals surface area contributed by atoms with Crippen molar-refractivity contribution in [3.8, 4) is 0 Å². The topological polar surface area (TPSA) is 299 Å². The van der Waals surface area contributed by atoms with Crippen molar-refractivity contribution in [1.29, 1.82) is 0 Å². The fourth-order valence-electron chi connectivity index (χ4n) is 6.34. The molecule has 3 heterocycles. The van der Waals surface area contributed by atoms with Gasteiger partial charge in [-0.25, -0.2) is 4.79 Å². The molecule has 9 N–H and O–H groups in total. The molecular weight excluding hydrogens is 714 g/mol. The van der Waals surface area contributed by atoms with Crippen LogP contribution >= 0.6 is 0 Å². The van der Waals surface area contributed by atoms with E-state index in [1.807, 2.05) is 0 Å². The van der Waals surface area contributed by atoms with Gasteiger partial charge >= 0.3 is 11.9 Å². The summed E-state index contributed by atoms with van der Waals surface area (Å²) in [5, 5.41) is 86.0. The van der Waals surface area contributed by atoms with Crippen LogP contribution in [0.25, 0.3) is 0 Å². The second-order valence-electron chi connectivity index (χ2n) is 13.4. The predicted octanol–water partition coefficient (Wildman–Crippen LogP) is -2.98. The number of unbranched alkanes of at least 4 members (excludes halogenated alkanes) is 5. The third-order valence-electron chi connectivity index (χ3n) is 9.40. The van der Waals surface area contributed by atoms with Crippen LogP contribution in [0, 0.1) is 0 Å². The van der Waals surface area contributed by atoms with Crippen LogP contribution in [0.2, 0.25) is 0 Å². The minimum Gasteiger partial charge on any atom is -0.479 e. The van der Waals surface area contributed by atoms with Gasteiger partial charge in [0.2, 0.25) is 5.91 Å². The molecule has 3 aliphatic heterocycles. The molecule has 0 saturated carbocycles. The first-order chi connectivity index (χ1) is 25.1. The molecule has 0 spiro atoms. The highest BCUT2D eigenvalue weighted by Crippen LogP contribution is 2.34. The Bertz CT molecular complexity index is 1130. The number of nitrogens with one attached hydrogen (secondary N) is 1. The Morgan fingerprint density at radius 1 is 0.717 bits per heavy atom. The third-order valence-corrected chi connectivity index (χ3v) is 9.40. The Labute approximate surface area is 307 Å². The fourth-order valence-corrected chi connectivity index (χ4v) is 6.34. The van der Waals surface area contributed by atoms with Crippen molar-refractivity contribution in [2.24, 2.45) is 0 Å². The number of carboxylic acids is 1. The van der Waals surface area contributed by atoms with Crippen LogP contribution in [0.3, 0.4) is 0 Å². The molecule has 20 heteroatoms. The van der Waals surface area contributed by atoms with E-state index < -0.39 is 123 Å². The summed E-state index contributed by atoms with van der Waals surface area (Å²) in [6, 6.07) is -1.27. The van der Waals surface area contributed by atoms with Gasteiger partial charge in [0, 0.05) is 20.0 Å². The SMILES string of the molecule is COC(=O)CCCCCCCCO[C@@H]1O[C@H](CO)[C@@H](O[C@@H]2O[C@H](CO)[C@H](O)[C@H](O[C@H](C)C(=O)O)[C@H]2O)[C@H](O[C@@H]2O[C@@H](C)[C@@H](O)[C@@H](O)[C@@H]2O)[C@H]1NC(C)=O. The molecule has 0 aliphatic carbocycles. The molecule has 0 unspecified atom stereocenters. The zero-order valence-corrected chi connectivity index (χ0v) is 30.4. The zero-order chi connectivity index (χ0) is 39.4. The number of hydrogen-bond donors (Lipinski definition) is 9. The summed E-state index contributed by atoms with van der Waals surface area (Å²) in [6.45, 7) is 2.34. The van der Waals surface area contributed by atoms with Gasteiger partial charge in [-0.15, -0.1) is 0 Å². The van der Waals surface area contributed by atoms with Crippen molar-refractivity contribution in [1.82, 2.24) is 5.32 Å².